The standard InChI is InChI=1S/C28H39N5O4S.CH4/c1-4-5-10-23-32-24-25(20-8-6-7-9-21(20)31-26(24)29)33(23)14-16-37-15-13-30-38(35,36)18-28-12-11-19(17-22(28)34)27(28,2)3;/h6-9,19,30H,4-5,10-18H2,1-3H3,(H2,29,31);1H4/t19-,28-;/m0./s1. The molecule has 1 aromatic carbocycles. The van der Waals surface area contributed by atoms with Crippen LogP contribution >= 0.6 is 0 Å². The fraction of sp³-hybridized carbons (Fsp3) is 0.621. The molecule has 2 bridgehead atoms. The number of aryl methyl sites for hydroxylation is 1. The molecule has 214 valence electrons. The molecule has 0 spiro atoms. The van der Waals surface area contributed by atoms with Gasteiger partial charge in [0.2, 0.25) is 10.0 Å². The Labute approximate surface area is 232 Å². The van der Waals surface area contributed by atoms with Crippen molar-refractivity contribution in [2.24, 2.45) is 16.7 Å². The summed E-state index contributed by atoms with van der Waals surface area (Å²) in [7, 11) is -3.60. The third kappa shape index (κ3) is 5.18. The minimum absolute atomic E-state index is 0. The number of carbonyl (C=O) groups excluding carboxylic acids is 1. The van der Waals surface area contributed by atoms with E-state index in [9.17, 15) is 13.2 Å². The molecule has 2 aliphatic carbocycles. The van der Waals surface area contributed by atoms with Crippen molar-refractivity contribution in [3.05, 3.63) is 30.1 Å². The molecule has 0 unspecified atom stereocenters. The first kappa shape index (κ1) is 29.4. The maximum Gasteiger partial charge on any atom is 0.212 e. The zero-order valence-electron chi connectivity index (χ0n) is 22.6. The van der Waals surface area contributed by atoms with Crippen LogP contribution in [0.25, 0.3) is 21.9 Å². The number of hydrogen-bond acceptors (Lipinski definition) is 7. The van der Waals surface area contributed by atoms with Crippen molar-refractivity contribution >= 4 is 43.6 Å². The number of pyridine rings is 1. The number of Topliss-reactive ketones (excluding diaryl/α,β-unsaturated/α-hetero) is 1. The van der Waals surface area contributed by atoms with E-state index in [-0.39, 0.29) is 37.5 Å². The maximum atomic E-state index is 12.9. The molecule has 10 heteroatoms. The van der Waals surface area contributed by atoms with Crippen LogP contribution in [0.2, 0.25) is 0 Å². The Morgan fingerprint density at radius 3 is 2.67 bits per heavy atom. The van der Waals surface area contributed by atoms with E-state index in [2.05, 4.69) is 35.0 Å². The fourth-order valence-corrected chi connectivity index (χ4v) is 8.50. The third-order valence-corrected chi connectivity index (χ3v) is 10.6. The molecule has 3 aromatic rings. The maximum absolute atomic E-state index is 12.9. The molecule has 0 radical (unpaired) electrons. The van der Waals surface area contributed by atoms with E-state index in [0.29, 0.717) is 43.2 Å². The average molecular weight is 558 g/mol. The van der Waals surface area contributed by atoms with Gasteiger partial charge >= 0.3 is 0 Å². The molecule has 5 rings (SSSR count). The second-order valence-corrected chi connectivity index (χ2v) is 13.2. The van der Waals surface area contributed by atoms with Crippen molar-refractivity contribution in [1.82, 2.24) is 19.3 Å². The van der Waals surface area contributed by atoms with E-state index >= 15 is 0 Å². The fourth-order valence-electron chi connectivity index (χ4n) is 6.68. The highest BCUT2D eigenvalue weighted by Crippen LogP contribution is 2.64. The van der Waals surface area contributed by atoms with Gasteiger partial charge in [0.15, 0.2) is 5.82 Å². The van der Waals surface area contributed by atoms with Crippen LogP contribution in [0.4, 0.5) is 5.82 Å². The lowest BCUT2D eigenvalue weighted by Crippen LogP contribution is -2.45. The summed E-state index contributed by atoms with van der Waals surface area (Å²) in [6, 6.07) is 7.90. The number of nitrogen functional groups attached to an aromatic ring is 1. The number of nitrogens with zero attached hydrogens (tertiary/aromatic N) is 3. The molecular weight excluding hydrogens is 514 g/mol. The smallest absolute Gasteiger partial charge is 0.212 e. The van der Waals surface area contributed by atoms with Crippen LogP contribution in [-0.4, -0.2) is 54.2 Å². The number of imidazole rings is 1. The van der Waals surface area contributed by atoms with E-state index < -0.39 is 15.4 Å². The Morgan fingerprint density at radius 2 is 1.97 bits per heavy atom. The van der Waals surface area contributed by atoms with Crippen LogP contribution in [0.15, 0.2) is 24.3 Å². The predicted octanol–water partition coefficient (Wildman–Crippen LogP) is 4.48. The van der Waals surface area contributed by atoms with Crippen molar-refractivity contribution in [2.45, 2.75) is 73.3 Å². The van der Waals surface area contributed by atoms with Gasteiger partial charge in [0.05, 0.1) is 30.0 Å². The van der Waals surface area contributed by atoms with Crippen LogP contribution < -0.4 is 10.5 Å². The number of rotatable bonds is 12. The third-order valence-electron chi connectivity index (χ3n) is 9.05. The number of carbonyl (C=O) groups is 1. The Hall–Kier alpha value is -2.56. The van der Waals surface area contributed by atoms with Crippen molar-refractivity contribution in [3.8, 4) is 0 Å². The van der Waals surface area contributed by atoms with E-state index in [1.165, 1.54) is 0 Å². The monoisotopic (exact) mass is 557 g/mol. The van der Waals surface area contributed by atoms with Crippen molar-refractivity contribution in [2.75, 3.05) is 31.2 Å². The van der Waals surface area contributed by atoms with Gasteiger partial charge in [-0.1, -0.05) is 52.8 Å². The summed E-state index contributed by atoms with van der Waals surface area (Å²) in [5, 5.41) is 0.998. The molecule has 2 atom stereocenters. The van der Waals surface area contributed by atoms with Crippen molar-refractivity contribution < 1.29 is 17.9 Å². The van der Waals surface area contributed by atoms with Crippen LogP contribution in [0.3, 0.4) is 0 Å². The summed E-state index contributed by atoms with van der Waals surface area (Å²) in [6.07, 6.45) is 4.99. The number of ketones is 1. The highest BCUT2D eigenvalue weighted by Gasteiger charge is 2.65. The van der Waals surface area contributed by atoms with Crippen LogP contribution in [0, 0.1) is 16.7 Å². The Morgan fingerprint density at radius 1 is 1.21 bits per heavy atom. The zero-order chi connectivity index (χ0) is 27.1. The van der Waals surface area contributed by atoms with Gasteiger partial charge in [-0.15, -0.1) is 0 Å². The summed E-state index contributed by atoms with van der Waals surface area (Å²) in [4.78, 5) is 22.1. The quantitative estimate of drug-likeness (QED) is 0.314. The number of para-hydroxylation sites is 1. The molecular formula is C29H43N5O4S. The lowest BCUT2D eigenvalue weighted by Gasteiger charge is -2.36. The second-order valence-electron chi connectivity index (χ2n) is 11.4. The molecule has 9 nitrogen and oxygen atoms in total. The number of anilines is 1. The topological polar surface area (TPSA) is 129 Å². The second kappa shape index (κ2) is 11.1. The lowest BCUT2D eigenvalue weighted by atomic mass is 9.70. The minimum Gasteiger partial charge on any atom is -0.382 e. The number of hydrogen-bond donors (Lipinski definition) is 2. The van der Waals surface area contributed by atoms with Crippen molar-refractivity contribution in [3.63, 3.8) is 0 Å². The van der Waals surface area contributed by atoms with Gasteiger partial charge in [-0.05, 0) is 36.7 Å². The molecule has 2 saturated carbocycles. The normalized spacial score (nSPS) is 22.1. The number of aromatic nitrogens is 3. The SMILES string of the molecule is C.CCCCc1nc2c(N)nc3ccccc3c2n1CCOCCNS(=O)(=O)C[C@@]12CC[C@@H](CC1=O)C2(C)C. The highest BCUT2D eigenvalue weighted by molar-refractivity contribution is 7.89. The summed E-state index contributed by atoms with van der Waals surface area (Å²) in [5.41, 5.74) is 7.73. The first-order valence-electron chi connectivity index (χ1n) is 13.7. The van der Waals surface area contributed by atoms with Gasteiger partial charge in [-0.3, -0.25) is 4.79 Å². The number of benzene rings is 1. The molecule has 2 fully saturated rings. The highest BCUT2D eigenvalue weighted by atomic mass is 32.2. The molecule has 2 aromatic heterocycles. The lowest BCUT2D eigenvalue weighted by molar-refractivity contribution is -0.128. The molecule has 39 heavy (non-hydrogen) atoms. The van der Waals surface area contributed by atoms with Crippen LogP contribution in [0.5, 0.6) is 0 Å². The number of ether oxygens (including phenoxy) is 1. The van der Waals surface area contributed by atoms with Gasteiger partial charge in [0.25, 0.3) is 0 Å². The zero-order valence-corrected chi connectivity index (χ0v) is 23.4. The summed E-state index contributed by atoms with van der Waals surface area (Å²) in [6.45, 7) is 7.64. The van der Waals surface area contributed by atoms with E-state index in [4.69, 9.17) is 15.5 Å². The summed E-state index contributed by atoms with van der Waals surface area (Å²) >= 11 is 0. The largest absolute Gasteiger partial charge is 0.382 e. The molecule has 2 aliphatic rings. The predicted molar refractivity (Wildman–Crippen MR) is 156 cm³/mol. The molecule has 0 aliphatic heterocycles. The minimum atomic E-state index is -3.60. The Bertz CT molecular complexity index is 1470. The van der Waals surface area contributed by atoms with Gasteiger partial charge in [0, 0.05) is 36.7 Å². The average Bonchev–Trinajstić information content (AvgIpc) is 3.41. The molecule has 0 amide bonds. The Kier molecular flexibility index (Phi) is 8.40. The van der Waals surface area contributed by atoms with Crippen LogP contribution in [0.1, 0.15) is 66.1 Å². The van der Waals surface area contributed by atoms with Gasteiger partial charge in [-0.25, -0.2) is 23.1 Å². The van der Waals surface area contributed by atoms with E-state index in [0.717, 1.165) is 47.9 Å². The number of fused-ring (bicyclic) bond motifs is 5. The van der Waals surface area contributed by atoms with E-state index in [1.807, 2.05) is 24.3 Å². The molecule has 3 N–H and O–H groups in total. The number of nitrogens with one attached hydrogen (secondary N) is 1. The first-order chi connectivity index (χ1) is 18.1. The van der Waals surface area contributed by atoms with E-state index in [1.54, 1.807) is 0 Å². The summed E-state index contributed by atoms with van der Waals surface area (Å²) < 4.78 is 36.5. The molecule has 2 heterocycles. The van der Waals surface area contributed by atoms with Gasteiger partial charge in [0.1, 0.15) is 17.1 Å². The number of nitrogens with two attached hydrogens (primary N) is 1. The Balaban J connectivity index is 0.00000353. The van der Waals surface area contributed by atoms with Gasteiger partial charge < -0.3 is 15.0 Å². The van der Waals surface area contributed by atoms with Crippen LogP contribution in [-0.2, 0) is 32.5 Å². The number of sulfonamides is 1. The van der Waals surface area contributed by atoms with Crippen molar-refractivity contribution in [1.29, 1.82) is 0 Å². The number of unbranched alkanes of at least 4 members (excludes halogenated alkanes) is 1. The molecule has 0 saturated heterocycles. The van der Waals surface area contributed by atoms with Gasteiger partial charge in [-0.2, -0.15) is 0 Å². The summed E-state index contributed by atoms with van der Waals surface area (Å²) in [5.74, 6) is 1.64. The first-order valence-corrected chi connectivity index (χ1v) is 15.4.